The first kappa shape index (κ1) is 14.9. The van der Waals surface area contributed by atoms with Crippen molar-refractivity contribution >= 4 is 23.2 Å². The Morgan fingerprint density at radius 2 is 2.29 bits per heavy atom. The highest BCUT2D eigenvalue weighted by molar-refractivity contribution is 6.32. The zero-order chi connectivity index (χ0) is 15.4. The van der Waals surface area contributed by atoms with E-state index in [1.165, 1.54) is 6.07 Å². The maximum Gasteiger partial charge on any atom is 0.349 e. The molecule has 0 aliphatic rings. The van der Waals surface area contributed by atoms with E-state index >= 15 is 0 Å². The van der Waals surface area contributed by atoms with Gasteiger partial charge >= 0.3 is 11.6 Å². The third-order valence-electron chi connectivity index (χ3n) is 2.37. The number of benzene rings is 1. The molecule has 1 aromatic heterocycles. The van der Waals surface area contributed by atoms with Crippen LogP contribution in [0.25, 0.3) is 0 Å². The average molecular weight is 313 g/mol. The monoisotopic (exact) mass is 312 g/mol. The summed E-state index contributed by atoms with van der Waals surface area (Å²) >= 11 is 5.82. The van der Waals surface area contributed by atoms with Crippen molar-refractivity contribution in [3.05, 3.63) is 45.4 Å². The van der Waals surface area contributed by atoms with Crippen LogP contribution in [-0.4, -0.2) is 21.4 Å². The number of hydrogen-bond acceptors (Lipinski definition) is 6. The fraction of sp³-hybridized carbons (Fsp3) is 0.167. The first-order valence-electron chi connectivity index (χ1n) is 5.89. The third-order valence-corrected chi connectivity index (χ3v) is 2.66. The standard InChI is InChI=1S/C12H10ClFN4O3/c1-2-15-12-16-6-9(18(19)20)11(17-12)21-10-4-3-7(14)5-8(10)13/h3-6H,2H2,1H3,(H,15,16,17). The Hall–Kier alpha value is -2.48. The van der Waals surface area contributed by atoms with Crippen LogP contribution < -0.4 is 10.1 Å². The molecule has 0 bridgehead atoms. The van der Waals surface area contributed by atoms with Crippen LogP contribution >= 0.6 is 11.6 Å². The summed E-state index contributed by atoms with van der Waals surface area (Å²) in [7, 11) is 0. The highest BCUT2D eigenvalue weighted by Crippen LogP contribution is 2.33. The second-order valence-electron chi connectivity index (χ2n) is 3.85. The first-order chi connectivity index (χ1) is 10.0. The van der Waals surface area contributed by atoms with Crippen LogP contribution in [0.3, 0.4) is 0 Å². The molecule has 0 amide bonds. The highest BCUT2D eigenvalue weighted by atomic mass is 35.5. The molecule has 1 heterocycles. The van der Waals surface area contributed by atoms with Gasteiger partial charge in [0.1, 0.15) is 17.8 Å². The van der Waals surface area contributed by atoms with Gasteiger partial charge in [0.15, 0.2) is 0 Å². The molecular weight excluding hydrogens is 303 g/mol. The number of anilines is 1. The summed E-state index contributed by atoms with van der Waals surface area (Å²) in [4.78, 5) is 18.0. The van der Waals surface area contributed by atoms with Crippen LogP contribution in [0.4, 0.5) is 16.0 Å². The molecule has 0 aliphatic heterocycles. The van der Waals surface area contributed by atoms with Gasteiger partial charge in [-0.1, -0.05) is 11.6 Å². The Bertz CT molecular complexity index is 684. The quantitative estimate of drug-likeness (QED) is 0.672. The van der Waals surface area contributed by atoms with Crippen LogP contribution in [0.5, 0.6) is 11.6 Å². The summed E-state index contributed by atoms with van der Waals surface area (Å²) in [6, 6.07) is 3.42. The van der Waals surface area contributed by atoms with Gasteiger partial charge in [-0.15, -0.1) is 0 Å². The number of nitro groups is 1. The number of ether oxygens (including phenoxy) is 1. The van der Waals surface area contributed by atoms with Crippen LogP contribution in [0.2, 0.25) is 5.02 Å². The predicted octanol–water partition coefficient (Wildman–Crippen LogP) is 3.40. The molecule has 110 valence electrons. The summed E-state index contributed by atoms with van der Waals surface area (Å²) in [5.74, 6) is -0.587. The lowest BCUT2D eigenvalue weighted by Crippen LogP contribution is -2.05. The number of halogens is 2. The van der Waals surface area contributed by atoms with E-state index in [9.17, 15) is 14.5 Å². The van der Waals surface area contributed by atoms with E-state index in [0.717, 1.165) is 18.3 Å². The van der Waals surface area contributed by atoms with Crippen LogP contribution in [0, 0.1) is 15.9 Å². The van der Waals surface area contributed by atoms with Crippen molar-refractivity contribution in [1.29, 1.82) is 0 Å². The maximum atomic E-state index is 13.0. The molecular formula is C12H10ClFN4O3. The maximum absolute atomic E-state index is 13.0. The molecule has 7 nitrogen and oxygen atoms in total. The van der Waals surface area contributed by atoms with E-state index in [1.54, 1.807) is 0 Å². The summed E-state index contributed by atoms with van der Waals surface area (Å²) in [5.41, 5.74) is -0.419. The molecule has 0 saturated carbocycles. The van der Waals surface area contributed by atoms with Crippen molar-refractivity contribution in [2.45, 2.75) is 6.92 Å². The zero-order valence-corrected chi connectivity index (χ0v) is 11.6. The summed E-state index contributed by atoms with van der Waals surface area (Å²) in [6.45, 7) is 2.36. The molecule has 0 atom stereocenters. The minimum atomic E-state index is -0.678. The van der Waals surface area contributed by atoms with Crippen LogP contribution in [0.15, 0.2) is 24.4 Å². The molecule has 0 unspecified atom stereocenters. The van der Waals surface area contributed by atoms with Gasteiger partial charge in [0, 0.05) is 6.54 Å². The SMILES string of the molecule is CCNc1ncc([N+](=O)[O-])c(Oc2ccc(F)cc2Cl)n1. The van der Waals surface area contributed by atoms with E-state index < -0.39 is 16.4 Å². The molecule has 21 heavy (non-hydrogen) atoms. The minimum absolute atomic E-state index is 0.0205. The molecule has 1 N–H and O–H groups in total. The van der Waals surface area contributed by atoms with Crippen molar-refractivity contribution in [3.8, 4) is 11.6 Å². The Kier molecular flexibility index (Phi) is 4.49. The summed E-state index contributed by atoms with van der Waals surface area (Å²) in [5, 5.41) is 13.7. The van der Waals surface area contributed by atoms with E-state index in [1.807, 2.05) is 6.92 Å². The lowest BCUT2D eigenvalue weighted by atomic mass is 10.3. The molecule has 2 aromatic rings. The second-order valence-corrected chi connectivity index (χ2v) is 4.26. The number of aromatic nitrogens is 2. The van der Waals surface area contributed by atoms with E-state index in [4.69, 9.17) is 16.3 Å². The van der Waals surface area contributed by atoms with Gasteiger partial charge in [0.2, 0.25) is 5.95 Å². The predicted molar refractivity (Wildman–Crippen MR) is 74.3 cm³/mol. The molecule has 0 aliphatic carbocycles. The van der Waals surface area contributed by atoms with Crippen LogP contribution in [-0.2, 0) is 0 Å². The van der Waals surface area contributed by atoms with Crippen molar-refractivity contribution in [3.63, 3.8) is 0 Å². The van der Waals surface area contributed by atoms with Crippen molar-refractivity contribution < 1.29 is 14.1 Å². The number of rotatable bonds is 5. The van der Waals surface area contributed by atoms with Crippen LogP contribution in [0.1, 0.15) is 6.92 Å². The van der Waals surface area contributed by atoms with Gasteiger partial charge < -0.3 is 10.1 Å². The summed E-state index contributed by atoms with van der Waals surface area (Å²) in [6.07, 6.45) is 1.03. The zero-order valence-electron chi connectivity index (χ0n) is 10.8. The highest BCUT2D eigenvalue weighted by Gasteiger charge is 2.20. The second kappa shape index (κ2) is 6.31. The van der Waals surface area contributed by atoms with Gasteiger partial charge in [0.05, 0.1) is 9.95 Å². The lowest BCUT2D eigenvalue weighted by Gasteiger charge is -2.08. The smallest absolute Gasteiger partial charge is 0.349 e. The van der Waals surface area contributed by atoms with Gasteiger partial charge in [-0.25, -0.2) is 9.37 Å². The first-order valence-corrected chi connectivity index (χ1v) is 6.27. The molecule has 2 rings (SSSR count). The van der Waals surface area contributed by atoms with Gasteiger partial charge in [-0.2, -0.15) is 4.98 Å². The Morgan fingerprint density at radius 3 is 2.90 bits per heavy atom. The Morgan fingerprint density at radius 1 is 1.52 bits per heavy atom. The van der Waals surface area contributed by atoms with Gasteiger partial charge in [-0.05, 0) is 25.1 Å². The normalized spacial score (nSPS) is 10.2. The largest absolute Gasteiger partial charge is 0.432 e. The number of nitrogens with zero attached hydrogens (tertiary/aromatic N) is 3. The average Bonchev–Trinajstić information content (AvgIpc) is 2.42. The Balaban J connectivity index is 2.40. The Labute approximate surface area is 123 Å². The molecule has 0 saturated heterocycles. The van der Waals surface area contributed by atoms with E-state index in [2.05, 4.69) is 15.3 Å². The van der Waals surface area contributed by atoms with Crippen molar-refractivity contribution in [1.82, 2.24) is 9.97 Å². The van der Waals surface area contributed by atoms with Crippen molar-refractivity contribution in [2.75, 3.05) is 11.9 Å². The molecule has 0 radical (unpaired) electrons. The topological polar surface area (TPSA) is 90.2 Å². The lowest BCUT2D eigenvalue weighted by molar-refractivity contribution is -0.386. The van der Waals surface area contributed by atoms with Gasteiger partial charge in [-0.3, -0.25) is 10.1 Å². The minimum Gasteiger partial charge on any atom is -0.432 e. The van der Waals surface area contributed by atoms with E-state index in [0.29, 0.717) is 6.54 Å². The van der Waals surface area contributed by atoms with Crippen molar-refractivity contribution in [2.24, 2.45) is 0 Å². The molecule has 0 fully saturated rings. The van der Waals surface area contributed by atoms with E-state index in [-0.39, 0.29) is 22.6 Å². The third kappa shape index (κ3) is 3.54. The van der Waals surface area contributed by atoms with Gasteiger partial charge in [0.25, 0.3) is 0 Å². The number of hydrogen-bond donors (Lipinski definition) is 1. The fourth-order valence-corrected chi connectivity index (χ4v) is 1.67. The summed E-state index contributed by atoms with van der Waals surface area (Å²) < 4.78 is 18.3. The fourth-order valence-electron chi connectivity index (χ4n) is 1.47. The number of nitrogens with one attached hydrogen (secondary N) is 1. The molecule has 1 aromatic carbocycles. The molecule has 9 heteroatoms. The molecule has 0 spiro atoms.